The van der Waals surface area contributed by atoms with E-state index in [9.17, 15) is 13.2 Å². The van der Waals surface area contributed by atoms with Crippen LogP contribution in [0.3, 0.4) is 0 Å². The Morgan fingerprint density at radius 3 is 2.27 bits per heavy atom. The van der Waals surface area contributed by atoms with Crippen LogP contribution in [0.2, 0.25) is 10.0 Å². The van der Waals surface area contributed by atoms with Gasteiger partial charge in [0.1, 0.15) is 11.5 Å². The van der Waals surface area contributed by atoms with E-state index in [1.54, 1.807) is 59.3 Å². The number of ketones is 1. The summed E-state index contributed by atoms with van der Waals surface area (Å²) < 4.78 is 24.9. The quantitative estimate of drug-likeness (QED) is 0.423. The topological polar surface area (TPSA) is 80.5 Å². The Bertz CT molecular complexity index is 1360. The minimum absolute atomic E-state index is 0.240. The SMILES string of the molecule is CS(=O)(=O)c1ccc(Nc2cn3cc(C(=O)c4c(Cl)cccc4Cl)ccc3n2)cc1. The summed E-state index contributed by atoms with van der Waals surface area (Å²) in [4.78, 5) is 17.6. The Hall–Kier alpha value is -2.87. The van der Waals surface area contributed by atoms with Crippen LogP contribution in [-0.4, -0.2) is 29.8 Å². The fourth-order valence-corrected chi connectivity index (χ4v) is 4.18. The number of nitrogens with zero attached hydrogens (tertiary/aromatic N) is 2. The molecule has 4 aromatic rings. The third kappa shape index (κ3) is 4.05. The van der Waals surface area contributed by atoms with E-state index in [0.29, 0.717) is 22.7 Å². The molecule has 2 heterocycles. The molecular formula is C21H15Cl2N3O3S. The monoisotopic (exact) mass is 459 g/mol. The number of carbonyl (C=O) groups excluding carboxylic acids is 1. The maximum Gasteiger partial charge on any atom is 0.197 e. The predicted molar refractivity (Wildman–Crippen MR) is 118 cm³/mol. The second-order valence-corrected chi connectivity index (χ2v) is 9.49. The van der Waals surface area contributed by atoms with Gasteiger partial charge in [0.25, 0.3) is 0 Å². The van der Waals surface area contributed by atoms with Gasteiger partial charge in [0, 0.05) is 23.7 Å². The number of sulfone groups is 1. The van der Waals surface area contributed by atoms with Crippen LogP contribution in [0.1, 0.15) is 15.9 Å². The van der Waals surface area contributed by atoms with E-state index < -0.39 is 9.84 Å². The molecule has 0 atom stereocenters. The molecule has 0 radical (unpaired) electrons. The van der Waals surface area contributed by atoms with E-state index >= 15 is 0 Å². The van der Waals surface area contributed by atoms with E-state index in [1.165, 1.54) is 12.1 Å². The number of imidazole rings is 1. The fourth-order valence-electron chi connectivity index (χ4n) is 2.98. The molecule has 0 amide bonds. The zero-order valence-corrected chi connectivity index (χ0v) is 18.0. The number of halogens is 2. The van der Waals surface area contributed by atoms with Crippen molar-refractivity contribution >= 4 is 56.0 Å². The number of aromatic nitrogens is 2. The first-order valence-electron chi connectivity index (χ1n) is 8.77. The number of hydrogen-bond acceptors (Lipinski definition) is 5. The highest BCUT2D eigenvalue weighted by Gasteiger charge is 2.17. The lowest BCUT2D eigenvalue weighted by atomic mass is 10.0. The largest absolute Gasteiger partial charge is 0.339 e. The van der Waals surface area contributed by atoms with Gasteiger partial charge in [-0.2, -0.15) is 0 Å². The van der Waals surface area contributed by atoms with Crippen molar-refractivity contribution in [3.63, 3.8) is 0 Å². The van der Waals surface area contributed by atoms with E-state index in [2.05, 4.69) is 10.3 Å². The van der Waals surface area contributed by atoms with Crippen molar-refractivity contribution in [2.24, 2.45) is 0 Å². The molecule has 6 nitrogen and oxygen atoms in total. The molecule has 0 aliphatic carbocycles. The lowest BCUT2D eigenvalue weighted by Gasteiger charge is -2.06. The number of rotatable bonds is 5. The highest BCUT2D eigenvalue weighted by atomic mass is 35.5. The van der Waals surface area contributed by atoms with Crippen LogP contribution in [-0.2, 0) is 9.84 Å². The first-order valence-corrected chi connectivity index (χ1v) is 11.4. The molecule has 0 saturated heterocycles. The van der Waals surface area contributed by atoms with E-state index in [-0.39, 0.29) is 26.3 Å². The molecule has 0 aliphatic rings. The van der Waals surface area contributed by atoms with E-state index in [4.69, 9.17) is 23.2 Å². The molecule has 0 fully saturated rings. The zero-order valence-electron chi connectivity index (χ0n) is 15.6. The van der Waals surface area contributed by atoms with Gasteiger partial charge in [0.2, 0.25) is 0 Å². The Balaban J connectivity index is 1.62. The molecule has 2 aromatic carbocycles. The molecule has 152 valence electrons. The molecule has 30 heavy (non-hydrogen) atoms. The second kappa shape index (κ2) is 7.75. The van der Waals surface area contributed by atoms with Gasteiger partial charge in [-0.1, -0.05) is 29.3 Å². The summed E-state index contributed by atoms with van der Waals surface area (Å²) in [5.41, 5.74) is 1.99. The van der Waals surface area contributed by atoms with Crippen molar-refractivity contribution in [3.05, 3.63) is 88.2 Å². The van der Waals surface area contributed by atoms with Crippen LogP contribution in [0, 0.1) is 0 Å². The summed E-state index contributed by atoms with van der Waals surface area (Å²) in [5.74, 6) is 0.259. The summed E-state index contributed by atoms with van der Waals surface area (Å²) in [6, 6.07) is 14.7. The van der Waals surface area contributed by atoms with Crippen LogP contribution >= 0.6 is 23.2 Å². The third-order valence-electron chi connectivity index (χ3n) is 4.46. The molecule has 9 heteroatoms. The van der Waals surface area contributed by atoms with Crippen LogP contribution in [0.5, 0.6) is 0 Å². The van der Waals surface area contributed by atoms with Gasteiger partial charge < -0.3 is 9.72 Å². The van der Waals surface area contributed by atoms with Crippen molar-refractivity contribution < 1.29 is 13.2 Å². The zero-order chi connectivity index (χ0) is 21.5. The van der Waals surface area contributed by atoms with Gasteiger partial charge in [0.15, 0.2) is 15.6 Å². The summed E-state index contributed by atoms with van der Waals surface area (Å²) in [6.07, 6.45) is 4.54. The van der Waals surface area contributed by atoms with Crippen LogP contribution in [0.15, 0.2) is 71.9 Å². The first-order chi connectivity index (χ1) is 14.2. The molecule has 0 saturated carbocycles. The van der Waals surface area contributed by atoms with Gasteiger partial charge in [-0.05, 0) is 48.5 Å². The molecular weight excluding hydrogens is 445 g/mol. The van der Waals surface area contributed by atoms with Gasteiger partial charge >= 0.3 is 0 Å². The normalized spacial score (nSPS) is 11.6. The molecule has 0 unspecified atom stereocenters. The van der Waals surface area contributed by atoms with Crippen molar-refractivity contribution in [2.45, 2.75) is 4.90 Å². The van der Waals surface area contributed by atoms with E-state index in [1.807, 2.05) is 0 Å². The molecule has 1 N–H and O–H groups in total. The Kier molecular flexibility index (Phi) is 5.27. The number of benzene rings is 2. The summed E-state index contributed by atoms with van der Waals surface area (Å²) in [7, 11) is -3.25. The maximum absolute atomic E-state index is 12.9. The molecule has 4 rings (SSSR count). The van der Waals surface area contributed by atoms with Gasteiger partial charge in [-0.3, -0.25) is 4.79 Å². The van der Waals surface area contributed by atoms with Gasteiger partial charge in [-0.25, -0.2) is 13.4 Å². The molecule has 2 aromatic heterocycles. The summed E-state index contributed by atoms with van der Waals surface area (Å²) in [6.45, 7) is 0. The second-order valence-electron chi connectivity index (χ2n) is 6.66. The van der Waals surface area contributed by atoms with Crippen molar-refractivity contribution in [1.82, 2.24) is 9.38 Å². The summed E-state index contributed by atoms with van der Waals surface area (Å²) in [5, 5.41) is 3.70. The minimum atomic E-state index is -3.25. The van der Waals surface area contributed by atoms with Gasteiger partial charge in [-0.15, -0.1) is 0 Å². The molecule has 0 bridgehead atoms. The fraction of sp³-hybridized carbons (Fsp3) is 0.0476. The first kappa shape index (κ1) is 20.4. The Labute approximate surface area is 183 Å². The van der Waals surface area contributed by atoms with Gasteiger partial charge in [0.05, 0.1) is 26.7 Å². The van der Waals surface area contributed by atoms with E-state index in [0.717, 1.165) is 6.26 Å². The average Bonchev–Trinajstić information content (AvgIpc) is 3.08. The molecule has 0 aliphatic heterocycles. The number of hydrogen-bond donors (Lipinski definition) is 1. The van der Waals surface area contributed by atoms with Crippen molar-refractivity contribution in [2.75, 3.05) is 11.6 Å². The Morgan fingerprint density at radius 2 is 1.63 bits per heavy atom. The highest BCUT2D eigenvalue weighted by Crippen LogP contribution is 2.27. The number of carbonyl (C=O) groups is 1. The molecule has 0 spiro atoms. The predicted octanol–water partition coefficient (Wildman–Crippen LogP) is 5.02. The smallest absolute Gasteiger partial charge is 0.197 e. The number of nitrogens with one attached hydrogen (secondary N) is 1. The number of pyridine rings is 1. The van der Waals surface area contributed by atoms with Crippen LogP contribution in [0.25, 0.3) is 5.65 Å². The number of fused-ring (bicyclic) bond motifs is 1. The average molecular weight is 460 g/mol. The van der Waals surface area contributed by atoms with Crippen LogP contribution in [0.4, 0.5) is 11.5 Å². The summed E-state index contributed by atoms with van der Waals surface area (Å²) >= 11 is 12.3. The number of anilines is 2. The standard InChI is InChI=1S/C21H15Cl2N3O3S/c1-30(28,29)15-8-6-14(7-9-15)24-18-12-26-11-13(5-10-19(26)25-18)21(27)20-16(22)3-2-4-17(20)23/h2-12,24H,1H3. The lowest BCUT2D eigenvalue weighted by Crippen LogP contribution is -2.04. The van der Waals surface area contributed by atoms with Crippen LogP contribution < -0.4 is 5.32 Å². The highest BCUT2D eigenvalue weighted by molar-refractivity contribution is 7.90. The lowest BCUT2D eigenvalue weighted by molar-refractivity contribution is 0.103. The maximum atomic E-state index is 12.9. The van der Waals surface area contributed by atoms with Crippen molar-refractivity contribution in [1.29, 1.82) is 0 Å². The Morgan fingerprint density at radius 1 is 0.967 bits per heavy atom. The van der Waals surface area contributed by atoms with Crippen molar-refractivity contribution in [3.8, 4) is 0 Å². The minimum Gasteiger partial charge on any atom is -0.339 e. The third-order valence-corrected chi connectivity index (χ3v) is 6.22.